The Hall–Kier alpha value is -2.10. The van der Waals surface area contributed by atoms with Gasteiger partial charge in [-0.2, -0.15) is 0 Å². The molecule has 4 heteroatoms. The summed E-state index contributed by atoms with van der Waals surface area (Å²) in [5, 5.41) is 0. The van der Waals surface area contributed by atoms with Gasteiger partial charge in [0, 0.05) is 6.20 Å². The first kappa shape index (κ1) is 10.4. The standard InChI is InChI=1S/C12H11FN2O/c13-15-11-4-1-3-10(7-11)9-16-12-5-2-6-14-8-12/h1-8,15H,9H2. The van der Waals surface area contributed by atoms with Crippen molar-refractivity contribution in [3.05, 3.63) is 54.4 Å². The van der Waals surface area contributed by atoms with E-state index in [4.69, 9.17) is 4.74 Å². The monoisotopic (exact) mass is 218 g/mol. The van der Waals surface area contributed by atoms with Crippen LogP contribution in [-0.4, -0.2) is 4.98 Å². The first-order valence-corrected chi connectivity index (χ1v) is 4.87. The van der Waals surface area contributed by atoms with E-state index >= 15 is 0 Å². The molecule has 82 valence electrons. The van der Waals surface area contributed by atoms with Crippen LogP contribution in [0.1, 0.15) is 5.56 Å². The van der Waals surface area contributed by atoms with Gasteiger partial charge in [0.05, 0.1) is 11.9 Å². The highest BCUT2D eigenvalue weighted by atomic mass is 19.2. The van der Waals surface area contributed by atoms with E-state index < -0.39 is 0 Å². The predicted molar refractivity (Wildman–Crippen MR) is 59.7 cm³/mol. The van der Waals surface area contributed by atoms with Gasteiger partial charge in [-0.3, -0.25) is 4.98 Å². The summed E-state index contributed by atoms with van der Waals surface area (Å²) in [4.78, 5) is 3.93. The molecule has 1 heterocycles. The Morgan fingerprint density at radius 1 is 1.25 bits per heavy atom. The smallest absolute Gasteiger partial charge is 0.138 e. The average molecular weight is 218 g/mol. The molecule has 0 fully saturated rings. The molecule has 0 aliphatic heterocycles. The van der Waals surface area contributed by atoms with Crippen LogP contribution in [0, 0.1) is 0 Å². The first-order chi connectivity index (χ1) is 7.88. The molecule has 0 aliphatic carbocycles. The van der Waals surface area contributed by atoms with Gasteiger partial charge in [-0.15, -0.1) is 4.48 Å². The van der Waals surface area contributed by atoms with Gasteiger partial charge >= 0.3 is 0 Å². The van der Waals surface area contributed by atoms with E-state index in [0.29, 0.717) is 18.0 Å². The van der Waals surface area contributed by atoms with Gasteiger partial charge in [0.1, 0.15) is 12.4 Å². The van der Waals surface area contributed by atoms with E-state index in [-0.39, 0.29) is 0 Å². The van der Waals surface area contributed by atoms with Crippen molar-refractivity contribution in [2.45, 2.75) is 6.61 Å². The van der Waals surface area contributed by atoms with Crippen LogP contribution in [0.3, 0.4) is 0 Å². The lowest BCUT2D eigenvalue weighted by atomic mass is 10.2. The van der Waals surface area contributed by atoms with Crippen molar-refractivity contribution in [1.29, 1.82) is 0 Å². The third kappa shape index (κ3) is 2.70. The van der Waals surface area contributed by atoms with Crippen molar-refractivity contribution < 1.29 is 9.22 Å². The lowest BCUT2D eigenvalue weighted by Gasteiger charge is -2.06. The van der Waals surface area contributed by atoms with Gasteiger partial charge in [0.2, 0.25) is 0 Å². The van der Waals surface area contributed by atoms with Gasteiger partial charge in [-0.1, -0.05) is 12.1 Å². The number of halogens is 1. The average Bonchev–Trinajstić information content (AvgIpc) is 2.38. The number of aromatic nitrogens is 1. The maximum Gasteiger partial charge on any atom is 0.138 e. The molecule has 0 saturated heterocycles. The van der Waals surface area contributed by atoms with Crippen LogP contribution < -0.4 is 10.3 Å². The van der Waals surface area contributed by atoms with E-state index in [2.05, 4.69) is 4.98 Å². The third-order valence-corrected chi connectivity index (χ3v) is 2.08. The molecule has 2 rings (SSSR count). The molecule has 0 unspecified atom stereocenters. The quantitative estimate of drug-likeness (QED) is 0.801. The Morgan fingerprint density at radius 2 is 2.19 bits per heavy atom. The van der Waals surface area contributed by atoms with E-state index in [9.17, 15) is 4.48 Å². The van der Waals surface area contributed by atoms with Crippen LogP contribution in [0.15, 0.2) is 48.8 Å². The van der Waals surface area contributed by atoms with Crippen molar-refractivity contribution in [2.75, 3.05) is 5.54 Å². The summed E-state index contributed by atoms with van der Waals surface area (Å²) in [7, 11) is 0. The van der Waals surface area contributed by atoms with Crippen LogP contribution in [-0.2, 0) is 6.61 Å². The third-order valence-electron chi connectivity index (χ3n) is 2.08. The molecule has 0 aliphatic rings. The number of hydrogen-bond donors (Lipinski definition) is 1. The van der Waals surface area contributed by atoms with Crippen molar-refractivity contribution in [3.8, 4) is 5.75 Å². The van der Waals surface area contributed by atoms with E-state index in [1.165, 1.54) is 0 Å². The maximum atomic E-state index is 12.2. The second kappa shape index (κ2) is 5.11. The number of rotatable bonds is 4. The molecule has 0 bridgehead atoms. The molecule has 0 amide bonds. The second-order valence-electron chi connectivity index (χ2n) is 3.27. The summed E-state index contributed by atoms with van der Waals surface area (Å²) in [6.07, 6.45) is 3.32. The largest absolute Gasteiger partial charge is 0.487 e. The Balaban J connectivity index is 1.99. The Bertz CT molecular complexity index is 448. The number of ether oxygens (including phenoxy) is 1. The Labute approximate surface area is 92.8 Å². The number of anilines is 1. The van der Waals surface area contributed by atoms with Gasteiger partial charge in [-0.25, -0.2) is 5.54 Å². The Morgan fingerprint density at radius 3 is 2.94 bits per heavy atom. The lowest BCUT2D eigenvalue weighted by molar-refractivity contribution is 0.305. The molecule has 1 aromatic heterocycles. The summed E-state index contributed by atoms with van der Waals surface area (Å²) in [6.45, 7) is 0.390. The summed E-state index contributed by atoms with van der Waals surface area (Å²) in [5.41, 5.74) is 2.92. The van der Waals surface area contributed by atoms with Crippen molar-refractivity contribution in [3.63, 3.8) is 0 Å². The van der Waals surface area contributed by atoms with Crippen LogP contribution in [0.2, 0.25) is 0 Å². The summed E-state index contributed by atoms with van der Waals surface area (Å²) in [6, 6.07) is 10.6. The SMILES string of the molecule is FNc1cccc(COc2cccnc2)c1. The number of benzene rings is 1. The van der Waals surface area contributed by atoms with Crippen molar-refractivity contribution >= 4 is 5.69 Å². The fraction of sp³-hybridized carbons (Fsp3) is 0.0833. The summed E-state index contributed by atoms with van der Waals surface area (Å²) < 4.78 is 17.6. The summed E-state index contributed by atoms with van der Waals surface area (Å²) in [5.74, 6) is 0.695. The maximum absolute atomic E-state index is 12.2. The van der Waals surface area contributed by atoms with E-state index in [1.54, 1.807) is 42.2 Å². The summed E-state index contributed by atoms with van der Waals surface area (Å²) >= 11 is 0. The zero-order valence-electron chi connectivity index (χ0n) is 8.56. The van der Waals surface area contributed by atoms with Crippen LogP contribution in [0.5, 0.6) is 5.75 Å². The molecule has 16 heavy (non-hydrogen) atoms. The molecule has 2 aromatic rings. The van der Waals surface area contributed by atoms with Crippen LogP contribution >= 0.6 is 0 Å². The normalized spacial score (nSPS) is 9.81. The number of pyridine rings is 1. The number of hydrogen-bond acceptors (Lipinski definition) is 3. The minimum atomic E-state index is 0.390. The van der Waals surface area contributed by atoms with E-state index in [1.807, 2.05) is 12.1 Å². The van der Waals surface area contributed by atoms with E-state index in [0.717, 1.165) is 5.56 Å². The molecule has 1 aromatic carbocycles. The molecule has 1 N–H and O–H groups in total. The van der Waals surface area contributed by atoms with Crippen LogP contribution in [0.25, 0.3) is 0 Å². The molecule has 0 spiro atoms. The van der Waals surface area contributed by atoms with Crippen molar-refractivity contribution in [2.24, 2.45) is 0 Å². The molecule has 0 atom stereocenters. The zero-order valence-corrected chi connectivity index (χ0v) is 8.56. The van der Waals surface area contributed by atoms with Gasteiger partial charge in [0.25, 0.3) is 0 Å². The first-order valence-electron chi connectivity index (χ1n) is 4.87. The number of nitrogens with one attached hydrogen (secondary N) is 1. The highest BCUT2D eigenvalue weighted by molar-refractivity contribution is 5.43. The van der Waals surface area contributed by atoms with Gasteiger partial charge in [0.15, 0.2) is 0 Å². The minimum absolute atomic E-state index is 0.390. The molecular weight excluding hydrogens is 207 g/mol. The molecule has 0 radical (unpaired) electrons. The zero-order chi connectivity index (χ0) is 11.2. The fourth-order valence-electron chi connectivity index (χ4n) is 1.32. The fourth-order valence-corrected chi connectivity index (χ4v) is 1.32. The van der Waals surface area contributed by atoms with Gasteiger partial charge < -0.3 is 4.74 Å². The Kier molecular flexibility index (Phi) is 3.33. The highest BCUT2D eigenvalue weighted by Crippen LogP contribution is 2.14. The minimum Gasteiger partial charge on any atom is -0.487 e. The molecule has 3 nitrogen and oxygen atoms in total. The van der Waals surface area contributed by atoms with Crippen LogP contribution in [0.4, 0.5) is 10.2 Å². The molecule has 0 saturated carbocycles. The predicted octanol–water partition coefficient (Wildman–Crippen LogP) is 2.96. The second-order valence-corrected chi connectivity index (χ2v) is 3.27. The highest BCUT2D eigenvalue weighted by Gasteiger charge is 1.97. The molecular formula is C12H11FN2O. The number of nitrogens with zero attached hydrogens (tertiary/aromatic N) is 1. The lowest BCUT2D eigenvalue weighted by Crippen LogP contribution is -1.96. The van der Waals surface area contributed by atoms with Crippen molar-refractivity contribution in [1.82, 2.24) is 4.98 Å². The van der Waals surface area contributed by atoms with Gasteiger partial charge in [-0.05, 0) is 29.8 Å². The topological polar surface area (TPSA) is 34.1 Å².